The predicted molar refractivity (Wildman–Crippen MR) is 87.7 cm³/mol. The summed E-state index contributed by atoms with van der Waals surface area (Å²) in [5.41, 5.74) is 1.77. The van der Waals surface area contributed by atoms with E-state index < -0.39 is 11.5 Å². The molecule has 0 spiro atoms. The van der Waals surface area contributed by atoms with Crippen LogP contribution in [0.5, 0.6) is 0 Å². The molecule has 0 fully saturated rings. The highest BCUT2D eigenvalue weighted by molar-refractivity contribution is 7.14. The van der Waals surface area contributed by atoms with Crippen LogP contribution in [0, 0.1) is 13.8 Å². The summed E-state index contributed by atoms with van der Waals surface area (Å²) in [6, 6.07) is 0. The monoisotopic (exact) mass is 320 g/mol. The molecule has 2 rings (SSSR count). The van der Waals surface area contributed by atoms with E-state index in [4.69, 9.17) is 0 Å². The Balaban J connectivity index is 2.35. The van der Waals surface area contributed by atoms with Crippen LogP contribution in [0.4, 0.5) is 5.13 Å². The summed E-state index contributed by atoms with van der Waals surface area (Å²) in [7, 11) is 1.53. The normalized spacial score (nSPS) is 11.5. The first kappa shape index (κ1) is 16.4. The molecule has 0 bridgehead atoms. The summed E-state index contributed by atoms with van der Waals surface area (Å²) in [5.74, 6) is -0.446. The molecule has 2 aromatic heterocycles. The molecule has 1 N–H and O–H groups in total. The maximum atomic E-state index is 12.4. The van der Waals surface area contributed by atoms with Gasteiger partial charge in [-0.15, -0.1) is 11.3 Å². The van der Waals surface area contributed by atoms with Crippen molar-refractivity contribution in [1.29, 1.82) is 0 Å². The fourth-order valence-electron chi connectivity index (χ4n) is 1.95. The molecule has 118 valence electrons. The van der Waals surface area contributed by atoms with Crippen molar-refractivity contribution in [1.82, 2.24) is 14.8 Å². The number of nitrogens with zero attached hydrogens (tertiary/aromatic N) is 3. The number of aromatic nitrogens is 3. The van der Waals surface area contributed by atoms with Gasteiger partial charge in [-0.2, -0.15) is 5.10 Å². The Morgan fingerprint density at radius 3 is 2.50 bits per heavy atom. The van der Waals surface area contributed by atoms with Crippen molar-refractivity contribution >= 4 is 22.4 Å². The highest BCUT2D eigenvalue weighted by Gasteiger charge is 2.21. The highest BCUT2D eigenvalue weighted by Crippen LogP contribution is 2.26. The highest BCUT2D eigenvalue weighted by atomic mass is 32.1. The Bertz CT molecular complexity index is 784. The lowest BCUT2D eigenvalue weighted by Crippen LogP contribution is -2.31. The van der Waals surface area contributed by atoms with Crippen LogP contribution in [0.3, 0.4) is 0 Å². The summed E-state index contributed by atoms with van der Waals surface area (Å²) >= 11 is 1.35. The van der Waals surface area contributed by atoms with Crippen molar-refractivity contribution < 1.29 is 4.79 Å². The quantitative estimate of drug-likeness (QED) is 0.922. The van der Waals surface area contributed by atoms with E-state index in [1.54, 1.807) is 13.8 Å². The summed E-state index contributed by atoms with van der Waals surface area (Å²) in [6.45, 7) is 9.66. The first-order valence-corrected chi connectivity index (χ1v) is 7.81. The molecule has 0 aromatic carbocycles. The van der Waals surface area contributed by atoms with E-state index in [0.717, 1.165) is 5.69 Å². The predicted octanol–water partition coefficient (Wildman–Crippen LogP) is 2.40. The number of rotatable bonds is 2. The van der Waals surface area contributed by atoms with Gasteiger partial charge in [0.15, 0.2) is 5.13 Å². The molecule has 0 aliphatic rings. The SMILES string of the molecule is Cc1nn(C)c(=O)c(C(=O)Nc2nc(C(C)(C)C)cs2)c1C. The molecule has 0 unspecified atom stereocenters. The van der Waals surface area contributed by atoms with Gasteiger partial charge in [0.2, 0.25) is 0 Å². The van der Waals surface area contributed by atoms with Gasteiger partial charge in [0.1, 0.15) is 5.56 Å². The molecule has 22 heavy (non-hydrogen) atoms. The van der Waals surface area contributed by atoms with Crippen molar-refractivity contribution in [3.8, 4) is 0 Å². The summed E-state index contributed by atoms with van der Waals surface area (Å²) < 4.78 is 1.18. The lowest BCUT2D eigenvalue weighted by Gasteiger charge is -2.14. The minimum Gasteiger partial charge on any atom is -0.298 e. The van der Waals surface area contributed by atoms with Gasteiger partial charge in [-0.1, -0.05) is 20.8 Å². The molecular formula is C15H20N4O2S. The Morgan fingerprint density at radius 2 is 1.95 bits per heavy atom. The molecule has 6 nitrogen and oxygen atoms in total. The van der Waals surface area contributed by atoms with Gasteiger partial charge in [-0.3, -0.25) is 14.9 Å². The van der Waals surface area contributed by atoms with Crippen LogP contribution in [-0.4, -0.2) is 20.7 Å². The number of aryl methyl sites for hydroxylation is 2. The molecule has 0 aliphatic carbocycles. The molecule has 2 heterocycles. The van der Waals surface area contributed by atoms with Crippen LogP contribution in [-0.2, 0) is 12.5 Å². The van der Waals surface area contributed by atoms with Crippen LogP contribution in [0.2, 0.25) is 0 Å². The maximum Gasteiger partial charge on any atom is 0.279 e. The van der Waals surface area contributed by atoms with Gasteiger partial charge < -0.3 is 0 Å². The zero-order valence-electron chi connectivity index (χ0n) is 13.6. The van der Waals surface area contributed by atoms with Gasteiger partial charge in [0, 0.05) is 17.8 Å². The lowest BCUT2D eigenvalue weighted by molar-refractivity contribution is 0.102. The van der Waals surface area contributed by atoms with E-state index in [9.17, 15) is 9.59 Å². The fraction of sp³-hybridized carbons (Fsp3) is 0.467. The standard InChI is InChI=1S/C15H20N4O2S/c1-8-9(2)18-19(6)13(21)11(8)12(20)17-14-16-10(7-22-14)15(3,4)5/h7H,1-6H3,(H,16,17,20). The van der Waals surface area contributed by atoms with E-state index in [2.05, 4.69) is 36.2 Å². The van der Waals surface area contributed by atoms with Crippen LogP contribution in [0.25, 0.3) is 0 Å². The Kier molecular flexibility index (Phi) is 4.19. The zero-order valence-corrected chi connectivity index (χ0v) is 14.5. The van der Waals surface area contributed by atoms with Gasteiger partial charge in [-0.25, -0.2) is 9.67 Å². The topological polar surface area (TPSA) is 76.9 Å². The summed E-state index contributed by atoms with van der Waals surface area (Å²) in [5, 5.41) is 9.19. The zero-order chi connectivity index (χ0) is 16.7. The van der Waals surface area contributed by atoms with E-state index in [1.807, 2.05) is 5.38 Å². The average molecular weight is 320 g/mol. The maximum absolute atomic E-state index is 12.4. The lowest BCUT2D eigenvalue weighted by atomic mass is 9.93. The van der Waals surface area contributed by atoms with Crippen molar-refractivity contribution in [2.24, 2.45) is 7.05 Å². The second-order valence-corrected chi connectivity index (χ2v) is 7.11. The third-order valence-corrected chi connectivity index (χ3v) is 4.20. The Hall–Kier alpha value is -2.02. The van der Waals surface area contributed by atoms with Crippen molar-refractivity contribution in [2.75, 3.05) is 5.32 Å². The number of carbonyl (C=O) groups is 1. The van der Waals surface area contributed by atoms with Crippen molar-refractivity contribution in [2.45, 2.75) is 40.0 Å². The van der Waals surface area contributed by atoms with Crippen LogP contribution in [0.15, 0.2) is 10.2 Å². The fourth-order valence-corrected chi connectivity index (χ4v) is 2.88. The largest absolute Gasteiger partial charge is 0.298 e. The van der Waals surface area contributed by atoms with Gasteiger partial charge in [0.25, 0.3) is 11.5 Å². The molecule has 0 saturated heterocycles. The molecule has 7 heteroatoms. The number of nitrogens with one attached hydrogen (secondary N) is 1. The van der Waals surface area contributed by atoms with Crippen molar-refractivity contribution in [3.63, 3.8) is 0 Å². The van der Waals surface area contributed by atoms with Gasteiger partial charge in [0.05, 0.1) is 11.4 Å². The van der Waals surface area contributed by atoms with Crippen LogP contribution < -0.4 is 10.9 Å². The van der Waals surface area contributed by atoms with E-state index in [-0.39, 0.29) is 11.0 Å². The Morgan fingerprint density at radius 1 is 1.32 bits per heavy atom. The van der Waals surface area contributed by atoms with Crippen molar-refractivity contribution in [3.05, 3.63) is 38.2 Å². The minimum atomic E-state index is -0.446. The number of hydrogen-bond acceptors (Lipinski definition) is 5. The second kappa shape index (κ2) is 5.64. The second-order valence-electron chi connectivity index (χ2n) is 6.26. The third-order valence-electron chi connectivity index (χ3n) is 3.45. The van der Waals surface area contributed by atoms with E-state index >= 15 is 0 Å². The summed E-state index contributed by atoms with van der Waals surface area (Å²) in [4.78, 5) is 29.0. The third kappa shape index (κ3) is 3.09. The molecule has 0 atom stereocenters. The minimum absolute atomic E-state index is 0.0845. The molecule has 0 radical (unpaired) electrons. The molecule has 1 amide bonds. The smallest absolute Gasteiger partial charge is 0.279 e. The first-order chi connectivity index (χ1) is 10.1. The summed E-state index contributed by atoms with van der Waals surface area (Å²) in [6.07, 6.45) is 0. The Labute approximate surface area is 133 Å². The number of hydrogen-bond donors (Lipinski definition) is 1. The molecule has 0 saturated carbocycles. The van der Waals surface area contributed by atoms with Crippen LogP contribution in [0.1, 0.15) is 48.1 Å². The van der Waals surface area contributed by atoms with E-state index in [1.165, 1.54) is 23.1 Å². The number of thiazole rings is 1. The average Bonchev–Trinajstić information content (AvgIpc) is 2.85. The first-order valence-electron chi connectivity index (χ1n) is 6.93. The number of amides is 1. The van der Waals surface area contributed by atoms with Crippen LogP contribution >= 0.6 is 11.3 Å². The molecular weight excluding hydrogens is 300 g/mol. The van der Waals surface area contributed by atoms with Gasteiger partial charge in [-0.05, 0) is 19.4 Å². The molecule has 2 aromatic rings. The molecule has 0 aliphatic heterocycles. The van der Waals surface area contributed by atoms with Gasteiger partial charge >= 0.3 is 0 Å². The number of carbonyl (C=O) groups excluding carboxylic acids is 1. The van der Waals surface area contributed by atoms with E-state index in [0.29, 0.717) is 16.4 Å². The number of anilines is 1.